The molecule has 0 spiro atoms. The molecule has 0 radical (unpaired) electrons. The van der Waals surface area contributed by atoms with Crippen molar-refractivity contribution < 1.29 is 4.79 Å². The van der Waals surface area contributed by atoms with E-state index >= 15 is 0 Å². The van der Waals surface area contributed by atoms with Crippen molar-refractivity contribution in [1.29, 1.82) is 0 Å². The highest BCUT2D eigenvalue weighted by atomic mass is 16.1. The number of nitrogens with zero attached hydrogens (tertiary/aromatic N) is 3. The van der Waals surface area contributed by atoms with Crippen LogP contribution in [0, 0.1) is 0 Å². The van der Waals surface area contributed by atoms with E-state index in [1.165, 1.54) is 0 Å². The van der Waals surface area contributed by atoms with Gasteiger partial charge in [0, 0.05) is 29.2 Å². The van der Waals surface area contributed by atoms with Gasteiger partial charge in [-0.25, -0.2) is 9.97 Å². The number of fused-ring (bicyclic) bond motifs is 1. The molecule has 0 aliphatic rings. The van der Waals surface area contributed by atoms with Crippen molar-refractivity contribution in [3.05, 3.63) is 78.8 Å². The van der Waals surface area contributed by atoms with Crippen LogP contribution >= 0.6 is 0 Å². The van der Waals surface area contributed by atoms with Crippen molar-refractivity contribution in [1.82, 2.24) is 14.4 Å². The molecule has 6 heteroatoms. The van der Waals surface area contributed by atoms with Crippen LogP contribution in [0.15, 0.2) is 73.2 Å². The molecule has 0 bridgehead atoms. The first-order valence-electron chi connectivity index (χ1n) is 7.77. The third-order valence-electron chi connectivity index (χ3n) is 3.91. The molecule has 2 aromatic heterocycles. The Bertz CT molecular complexity index is 1060. The monoisotopic (exact) mass is 329 g/mol. The van der Waals surface area contributed by atoms with Crippen molar-refractivity contribution >= 4 is 23.1 Å². The molecular formula is C19H15N5O. The van der Waals surface area contributed by atoms with Crippen LogP contribution in [0.1, 0.15) is 10.4 Å². The smallest absolute Gasteiger partial charge is 0.255 e. The summed E-state index contributed by atoms with van der Waals surface area (Å²) >= 11 is 0. The first-order chi connectivity index (χ1) is 12.2. The number of benzene rings is 2. The zero-order chi connectivity index (χ0) is 17.2. The van der Waals surface area contributed by atoms with Crippen LogP contribution in [0.2, 0.25) is 0 Å². The van der Waals surface area contributed by atoms with Crippen molar-refractivity contribution in [3.8, 4) is 11.3 Å². The van der Waals surface area contributed by atoms with E-state index in [9.17, 15) is 4.79 Å². The lowest BCUT2D eigenvalue weighted by Crippen LogP contribution is -2.11. The Labute approximate surface area is 144 Å². The maximum atomic E-state index is 12.5. The Balaban J connectivity index is 1.71. The van der Waals surface area contributed by atoms with Gasteiger partial charge in [-0.05, 0) is 24.3 Å². The standard InChI is InChI=1S/C19H15N5O/c20-17-18-21-9-10-24(18)16(12-22-17)13-5-4-6-14(11-13)19(25)23-15-7-2-1-3-8-15/h1-12H,(H2,20,22)(H,23,25). The molecule has 3 N–H and O–H groups in total. The molecule has 6 nitrogen and oxygen atoms in total. The third-order valence-corrected chi connectivity index (χ3v) is 3.91. The Morgan fingerprint density at radius 1 is 1.04 bits per heavy atom. The quantitative estimate of drug-likeness (QED) is 0.604. The van der Waals surface area contributed by atoms with E-state index in [4.69, 9.17) is 5.73 Å². The average molecular weight is 329 g/mol. The Kier molecular flexibility index (Phi) is 3.63. The van der Waals surface area contributed by atoms with E-state index in [0.29, 0.717) is 17.0 Å². The second-order valence-corrected chi connectivity index (χ2v) is 5.55. The molecule has 0 saturated heterocycles. The fourth-order valence-electron chi connectivity index (χ4n) is 2.70. The Morgan fingerprint density at radius 3 is 2.72 bits per heavy atom. The summed E-state index contributed by atoms with van der Waals surface area (Å²) in [4.78, 5) is 20.9. The second-order valence-electron chi connectivity index (χ2n) is 5.55. The maximum absolute atomic E-state index is 12.5. The zero-order valence-corrected chi connectivity index (χ0v) is 13.3. The minimum absolute atomic E-state index is 0.168. The number of amides is 1. The van der Waals surface area contributed by atoms with Crippen molar-refractivity contribution in [2.24, 2.45) is 0 Å². The number of aromatic nitrogens is 3. The van der Waals surface area contributed by atoms with E-state index in [1.54, 1.807) is 18.5 Å². The molecule has 4 aromatic rings. The van der Waals surface area contributed by atoms with Gasteiger partial charge in [0.15, 0.2) is 11.5 Å². The predicted molar refractivity (Wildman–Crippen MR) is 97.2 cm³/mol. The van der Waals surface area contributed by atoms with Crippen LogP contribution in [-0.4, -0.2) is 20.3 Å². The third kappa shape index (κ3) is 2.81. The van der Waals surface area contributed by atoms with Gasteiger partial charge in [0.2, 0.25) is 0 Å². The maximum Gasteiger partial charge on any atom is 0.255 e. The van der Waals surface area contributed by atoms with Crippen molar-refractivity contribution in [2.45, 2.75) is 0 Å². The fourth-order valence-corrected chi connectivity index (χ4v) is 2.70. The number of carbonyl (C=O) groups excluding carboxylic acids is 1. The summed E-state index contributed by atoms with van der Waals surface area (Å²) in [5.74, 6) is 0.199. The SMILES string of the molecule is Nc1ncc(-c2cccc(C(=O)Nc3ccccc3)c2)n2ccnc12. The van der Waals surface area contributed by atoms with Gasteiger partial charge in [0.1, 0.15) is 0 Å². The summed E-state index contributed by atoms with van der Waals surface area (Å²) in [5.41, 5.74) is 9.44. The molecule has 0 aliphatic carbocycles. The van der Waals surface area contributed by atoms with Gasteiger partial charge in [-0.3, -0.25) is 9.20 Å². The molecule has 2 aromatic carbocycles. The Morgan fingerprint density at radius 2 is 1.88 bits per heavy atom. The van der Waals surface area contributed by atoms with E-state index in [-0.39, 0.29) is 5.91 Å². The number of carbonyl (C=O) groups is 1. The lowest BCUT2D eigenvalue weighted by atomic mass is 10.1. The van der Waals surface area contributed by atoms with Crippen molar-refractivity contribution in [2.75, 3.05) is 11.1 Å². The molecular weight excluding hydrogens is 314 g/mol. The highest BCUT2D eigenvalue weighted by Gasteiger charge is 2.11. The van der Waals surface area contributed by atoms with Gasteiger partial charge < -0.3 is 11.1 Å². The van der Waals surface area contributed by atoms with Crippen molar-refractivity contribution in [3.63, 3.8) is 0 Å². The van der Waals surface area contributed by atoms with Gasteiger partial charge in [-0.1, -0.05) is 30.3 Å². The van der Waals surface area contributed by atoms with Crippen LogP contribution in [-0.2, 0) is 0 Å². The fraction of sp³-hybridized carbons (Fsp3) is 0. The zero-order valence-electron chi connectivity index (χ0n) is 13.3. The Hall–Kier alpha value is -3.67. The topological polar surface area (TPSA) is 85.3 Å². The van der Waals surface area contributed by atoms with Crippen LogP contribution in [0.4, 0.5) is 11.5 Å². The molecule has 0 atom stereocenters. The number of nitrogens with two attached hydrogens (primary N) is 1. The number of para-hydroxylation sites is 1. The van der Waals surface area contributed by atoms with Crippen LogP contribution in [0.3, 0.4) is 0 Å². The number of anilines is 2. The summed E-state index contributed by atoms with van der Waals surface area (Å²) in [6.07, 6.45) is 5.17. The molecule has 1 amide bonds. The predicted octanol–water partition coefficient (Wildman–Crippen LogP) is 3.23. The van der Waals surface area contributed by atoms with E-state index in [1.807, 2.05) is 59.1 Å². The number of nitrogens with one attached hydrogen (secondary N) is 1. The number of hydrogen-bond donors (Lipinski definition) is 2. The molecule has 2 heterocycles. The van der Waals surface area contributed by atoms with Gasteiger partial charge in [0.05, 0.1) is 11.9 Å². The molecule has 25 heavy (non-hydrogen) atoms. The lowest BCUT2D eigenvalue weighted by Gasteiger charge is -2.09. The van der Waals surface area contributed by atoms with Gasteiger partial charge in [-0.15, -0.1) is 0 Å². The highest BCUT2D eigenvalue weighted by Crippen LogP contribution is 2.23. The van der Waals surface area contributed by atoms with Crippen LogP contribution in [0.5, 0.6) is 0 Å². The second kappa shape index (κ2) is 6.09. The molecule has 122 valence electrons. The van der Waals surface area contributed by atoms with E-state index in [2.05, 4.69) is 15.3 Å². The van der Waals surface area contributed by atoms with Gasteiger partial charge in [0.25, 0.3) is 5.91 Å². The molecule has 4 rings (SSSR count). The minimum Gasteiger partial charge on any atom is -0.381 e. The molecule has 0 saturated carbocycles. The summed E-state index contributed by atoms with van der Waals surface area (Å²) in [6, 6.07) is 16.7. The molecule has 0 fully saturated rings. The first kappa shape index (κ1) is 14.9. The summed E-state index contributed by atoms with van der Waals surface area (Å²) < 4.78 is 1.86. The number of imidazole rings is 1. The van der Waals surface area contributed by atoms with E-state index in [0.717, 1.165) is 16.9 Å². The highest BCUT2D eigenvalue weighted by molar-refractivity contribution is 6.04. The van der Waals surface area contributed by atoms with Gasteiger partial charge >= 0.3 is 0 Å². The minimum atomic E-state index is -0.168. The number of nitrogen functional groups attached to an aromatic ring is 1. The number of hydrogen-bond acceptors (Lipinski definition) is 4. The van der Waals surface area contributed by atoms with Crippen LogP contribution in [0.25, 0.3) is 16.9 Å². The largest absolute Gasteiger partial charge is 0.381 e. The molecule has 0 aliphatic heterocycles. The first-order valence-corrected chi connectivity index (χ1v) is 7.77. The molecule has 0 unspecified atom stereocenters. The summed E-state index contributed by atoms with van der Waals surface area (Å²) in [5, 5.41) is 2.88. The van der Waals surface area contributed by atoms with Crippen LogP contribution < -0.4 is 11.1 Å². The lowest BCUT2D eigenvalue weighted by molar-refractivity contribution is 0.102. The normalized spacial score (nSPS) is 10.7. The van der Waals surface area contributed by atoms with E-state index < -0.39 is 0 Å². The number of rotatable bonds is 3. The summed E-state index contributed by atoms with van der Waals surface area (Å²) in [7, 11) is 0. The average Bonchev–Trinajstić information content (AvgIpc) is 3.14. The summed E-state index contributed by atoms with van der Waals surface area (Å²) in [6.45, 7) is 0. The van der Waals surface area contributed by atoms with Gasteiger partial charge in [-0.2, -0.15) is 0 Å².